The van der Waals surface area contributed by atoms with Crippen molar-refractivity contribution >= 4 is 39.3 Å². The van der Waals surface area contributed by atoms with E-state index in [0.717, 1.165) is 38.2 Å². The number of aryl methyl sites for hydroxylation is 3. The highest BCUT2D eigenvalue weighted by atomic mass is 79.9. The fourth-order valence-electron chi connectivity index (χ4n) is 3.10. The largest absolute Gasteiger partial charge is 0.325 e. The van der Waals surface area contributed by atoms with Crippen LogP contribution in [-0.4, -0.2) is 26.4 Å². The molecule has 0 aliphatic carbocycles. The number of hydrogen-bond donors (Lipinski definition) is 1. The van der Waals surface area contributed by atoms with Gasteiger partial charge in [0.15, 0.2) is 11.0 Å². The number of carbonyl (C=O) groups excluding carboxylic acids is 1. The first-order valence-corrected chi connectivity index (χ1v) is 11.0. The van der Waals surface area contributed by atoms with E-state index in [1.807, 2.05) is 55.7 Å². The second-order valence-electron chi connectivity index (χ2n) is 6.83. The number of allylic oxidation sites excluding steroid dienone is 1. The monoisotopic (exact) mass is 470 g/mol. The van der Waals surface area contributed by atoms with Crippen molar-refractivity contribution in [1.29, 1.82) is 0 Å². The fourth-order valence-corrected chi connectivity index (χ4v) is 4.53. The Balaban J connectivity index is 1.75. The molecule has 0 aliphatic rings. The lowest BCUT2D eigenvalue weighted by Gasteiger charge is -2.12. The summed E-state index contributed by atoms with van der Waals surface area (Å²) in [6.45, 7) is 10.4. The molecule has 1 heterocycles. The number of benzene rings is 2. The first-order valence-electron chi connectivity index (χ1n) is 9.19. The third kappa shape index (κ3) is 5.16. The number of anilines is 1. The molecule has 29 heavy (non-hydrogen) atoms. The van der Waals surface area contributed by atoms with Gasteiger partial charge in [-0.2, -0.15) is 0 Å². The van der Waals surface area contributed by atoms with Gasteiger partial charge in [-0.1, -0.05) is 57.5 Å². The van der Waals surface area contributed by atoms with Gasteiger partial charge in [-0.05, 0) is 50.1 Å². The maximum absolute atomic E-state index is 12.5. The van der Waals surface area contributed by atoms with Crippen molar-refractivity contribution in [2.45, 2.75) is 32.5 Å². The van der Waals surface area contributed by atoms with Gasteiger partial charge in [0.25, 0.3) is 0 Å². The number of nitrogens with one attached hydrogen (secondary N) is 1. The Morgan fingerprint density at radius 2 is 1.93 bits per heavy atom. The summed E-state index contributed by atoms with van der Waals surface area (Å²) >= 11 is 4.85. The zero-order chi connectivity index (χ0) is 21.0. The molecular formula is C22H23BrN4OS. The lowest BCUT2D eigenvalue weighted by Crippen LogP contribution is -2.16. The second kappa shape index (κ2) is 9.41. The molecule has 1 aromatic heterocycles. The molecule has 0 bridgehead atoms. The van der Waals surface area contributed by atoms with E-state index < -0.39 is 0 Å². The first-order chi connectivity index (χ1) is 13.9. The zero-order valence-electron chi connectivity index (χ0n) is 16.7. The minimum atomic E-state index is -0.0752. The van der Waals surface area contributed by atoms with Crippen LogP contribution in [0.25, 0.3) is 11.4 Å². The molecule has 0 saturated carbocycles. The van der Waals surface area contributed by atoms with E-state index in [0.29, 0.717) is 11.7 Å². The summed E-state index contributed by atoms with van der Waals surface area (Å²) in [5.41, 5.74) is 5.05. The lowest BCUT2D eigenvalue weighted by molar-refractivity contribution is -0.113. The van der Waals surface area contributed by atoms with E-state index in [4.69, 9.17) is 0 Å². The van der Waals surface area contributed by atoms with Gasteiger partial charge in [0.1, 0.15) is 0 Å². The standard InChI is InChI=1S/C22H23BrN4OS/c1-5-9-27-21(17-8-6-7-14(2)10-17)25-26-22(27)29-13-19(28)24-20-15(3)11-18(23)12-16(20)4/h5-8,10-12H,1,9,13H2,2-4H3,(H,24,28). The van der Waals surface area contributed by atoms with Crippen LogP contribution in [0.3, 0.4) is 0 Å². The number of halogens is 1. The second-order valence-corrected chi connectivity index (χ2v) is 8.68. The van der Waals surface area contributed by atoms with Crippen LogP contribution in [-0.2, 0) is 11.3 Å². The fraction of sp³-hybridized carbons (Fsp3) is 0.227. The molecule has 3 aromatic rings. The molecular weight excluding hydrogens is 448 g/mol. The number of amides is 1. The van der Waals surface area contributed by atoms with Crippen LogP contribution < -0.4 is 5.32 Å². The molecule has 0 atom stereocenters. The number of rotatable bonds is 7. The molecule has 1 amide bonds. The first kappa shape index (κ1) is 21.3. The van der Waals surface area contributed by atoms with Crippen molar-refractivity contribution in [3.63, 3.8) is 0 Å². The van der Waals surface area contributed by atoms with E-state index in [-0.39, 0.29) is 11.7 Å². The van der Waals surface area contributed by atoms with E-state index >= 15 is 0 Å². The zero-order valence-corrected chi connectivity index (χ0v) is 19.1. The Kier molecular flexibility index (Phi) is 6.92. The maximum atomic E-state index is 12.5. The molecule has 0 aliphatic heterocycles. The number of nitrogens with zero attached hydrogens (tertiary/aromatic N) is 3. The highest BCUT2D eigenvalue weighted by Gasteiger charge is 2.16. The van der Waals surface area contributed by atoms with Crippen LogP contribution in [0.4, 0.5) is 5.69 Å². The topological polar surface area (TPSA) is 59.8 Å². The van der Waals surface area contributed by atoms with E-state index in [9.17, 15) is 4.79 Å². The average molecular weight is 471 g/mol. The molecule has 3 rings (SSSR count). The summed E-state index contributed by atoms with van der Waals surface area (Å²) in [6.07, 6.45) is 1.81. The van der Waals surface area contributed by atoms with Gasteiger partial charge in [-0.25, -0.2) is 0 Å². The van der Waals surface area contributed by atoms with Crippen molar-refractivity contribution < 1.29 is 4.79 Å². The Morgan fingerprint density at radius 3 is 2.59 bits per heavy atom. The minimum Gasteiger partial charge on any atom is -0.325 e. The maximum Gasteiger partial charge on any atom is 0.234 e. The Morgan fingerprint density at radius 1 is 1.21 bits per heavy atom. The van der Waals surface area contributed by atoms with Gasteiger partial charge in [0.05, 0.1) is 5.75 Å². The van der Waals surface area contributed by atoms with Crippen molar-refractivity contribution in [3.05, 3.63) is 70.2 Å². The normalized spacial score (nSPS) is 10.8. The Labute approximate surface area is 183 Å². The summed E-state index contributed by atoms with van der Waals surface area (Å²) in [5.74, 6) is 0.947. The SMILES string of the molecule is C=CCn1c(SCC(=O)Nc2c(C)cc(Br)cc2C)nnc1-c1cccc(C)c1. The highest BCUT2D eigenvalue weighted by Crippen LogP contribution is 2.27. The van der Waals surface area contributed by atoms with Gasteiger partial charge in [0.2, 0.25) is 5.91 Å². The molecule has 0 unspecified atom stereocenters. The van der Waals surface area contributed by atoms with Crippen LogP contribution >= 0.6 is 27.7 Å². The highest BCUT2D eigenvalue weighted by molar-refractivity contribution is 9.10. The Bertz CT molecular complexity index is 1040. The predicted octanol–water partition coefficient (Wildman–Crippen LogP) is 5.55. The van der Waals surface area contributed by atoms with Crippen LogP contribution in [0.15, 0.2) is 58.7 Å². The van der Waals surface area contributed by atoms with E-state index in [1.165, 1.54) is 11.8 Å². The van der Waals surface area contributed by atoms with Crippen LogP contribution in [0, 0.1) is 20.8 Å². The van der Waals surface area contributed by atoms with Crippen molar-refractivity contribution in [3.8, 4) is 11.4 Å². The molecule has 5 nitrogen and oxygen atoms in total. The van der Waals surface area contributed by atoms with Gasteiger partial charge in [0, 0.05) is 22.3 Å². The summed E-state index contributed by atoms with van der Waals surface area (Å²) in [6, 6.07) is 12.1. The van der Waals surface area contributed by atoms with Gasteiger partial charge >= 0.3 is 0 Å². The summed E-state index contributed by atoms with van der Waals surface area (Å²) in [4.78, 5) is 12.5. The number of carbonyl (C=O) groups is 1. The quantitative estimate of drug-likeness (QED) is 0.363. The molecule has 0 spiro atoms. The summed E-state index contributed by atoms with van der Waals surface area (Å²) < 4.78 is 2.98. The number of thioether (sulfide) groups is 1. The van der Waals surface area contributed by atoms with Gasteiger partial charge in [-0.3, -0.25) is 9.36 Å². The van der Waals surface area contributed by atoms with Crippen molar-refractivity contribution in [2.24, 2.45) is 0 Å². The minimum absolute atomic E-state index is 0.0752. The molecule has 0 fully saturated rings. The van der Waals surface area contributed by atoms with E-state index in [2.05, 4.69) is 44.1 Å². The molecule has 150 valence electrons. The summed E-state index contributed by atoms with van der Waals surface area (Å²) in [5, 5.41) is 12.4. The van der Waals surface area contributed by atoms with Crippen molar-refractivity contribution in [2.75, 3.05) is 11.1 Å². The number of aromatic nitrogens is 3. The molecule has 0 saturated heterocycles. The van der Waals surface area contributed by atoms with Crippen molar-refractivity contribution in [1.82, 2.24) is 14.8 Å². The number of hydrogen-bond acceptors (Lipinski definition) is 4. The molecule has 7 heteroatoms. The van der Waals surface area contributed by atoms with Crippen LogP contribution in [0.1, 0.15) is 16.7 Å². The lowest BCUT2D eigenvalue weighted by atomic mass is 10.1. The van der Waals surface area contributed by atoms with Gasteiger partial charge in [-0.15, -0.1) is 16.8 Å². The third-order valence-corrected chi connectivity index (χ3v) is 5.82. The predicted molar refractivity (Wildman–Crippen MR) is 123 cm³/mol. The molecule has 0 radical (unpaired) electrons. The summed E-state index contributed by atoms with van der Waals surface area (Å²) in [7, 11) is 0. The van der Waals surface area contributed by atoms with Crippen LogP contribution in [0.2, 0.25) is 0 Å². The third-order valence-electron chi connectivity index (χ3n) is 4.40. The van der Waals surface area contributed by atoms with Gasteiger partial charge < -0.3 is 5.32 Å². The van der Waals surface area contributed by atoms with E-state index in [1.54, 1.807) is 6.08 Å². The molecule has 1 N–H and O–H groups in total. The average Bonchev–Trinajstić information content (AvgIpc) is 3.06. The van der Waals surface area contributed by atoms with Crippen LogP contribution in [0.5, 0.6) is 0 Å². The molecule has 2 aromatic carbocycles. The Hall–Kier alpha value is -2.38. The smallest absolute Gasteiger partial charge is 0.234 e.